The maximum Gasteiger partial charge on any atom is 0.267 e. The molecule has 0 saturated carbocycles. The van der Waals surface area contributed by atoms with E-state index in [1.54, 1.807) is 31.3 Å². The average Bonchev–Trinajstić information content (AvgIpc) is 3.35. The zero-order valence-corrected chi connectivity index (χ0v) is 18.4. The van der Waals surface area contributed by atoms with Crippen LogP contribution in [0.1, 0.15) is 23.5 Å². The summed E-state index contributed by atoms with van der Waals surface area (Å²) in [6.07, 6.45) is 1.51. The number of sulfonamides is 1. The summed E-state index contributed by atoms with van der Waals surface area (Å²) in [5.74, 6) is -0.353. The van der Waals surface area contributed by atoms with Crippen molar-refractivity contribution in [1.82, 2.24) is 9.29 Å². The number of nitrogens with one attached hydrogen (secondary N) is 1. The molecule has 1 amide bonds. The number of thiazole rings is 1. The maximum absolute atomic E-state index is 12.8. The Hall–Kier alpha value is -1.78. The van der Waals surface area contributed by atoms with E-state index in [0.29, 0.717) is 23.7 Å². The van der Waals surface area contributed by atoms with Crippen LogP contribution in [-0.4, -0.2) is 36.7 Å². The molecule has 1 N–H and O–H groups in total. The molecule has 3 aromatic rings. The number of aromatic nitrogens is 1. The summed E-state index contributed by atoms with van der Waals surface area (Å²) in [4.78, 5) is 18.2. The van der Waals surface area contributed by atoms with E-state index in [4.69, 9.17) is 11.6 Å². The molecule has 0 aliphatic carbocycles. The van der Waals surface area contributed by atoms with Crippen LogP contribution < -0.4 is 5.32 Å². The third kappa shape index (κ3) is 4.28. The Balaban J connectivity index is 1.84. The van der Waals surface area contributed by atoms with E-state index in [1.807, 2.05) is 17.5 Å². The monoisotopic (exact) mass is 455 g/mol. The summed E-state index contributed by atoms with van der Waals surface area (Å²) >= 11 is 8.95. The molecule has 0 atom stereocenters. The smallest absolute Gasteiger partial charge is 0.267 e. The van der Waals surface area contributed by atoms with Crippen LogP contribution in [0.25, 0.3) is 9.88 Å². The van der Waals surface area contributed by atoms with E-state index < -0.39 is 10.0 Å². The highest BCUT2D eigenvalue weighted by molar-refractivity contribution is 7.89. The first-order chi connectivity index (χ1) is 13.4. The Kier molecular flexibility index (Phi) is 6.51. The number of hydrogen-bond acceptors (Lipinski definition) is 6. The van der Waals surface area contributed by atoms with E-state index in [2.05, 4.69) is 10.3 Å². The maximum atomic E-state index is 12.8. The number of halogens is 1. The molecule has 0 saturated heterocycles. The van der Waals surface area contributed by atoms with Crippen molar-refractivity contribution in [2.75, 3.05) is 18.4 Å². The Labute approximate surface area is 176 Å². The molecule has 3 rings (SSSR count). The zero-order valence-electron chi connectivity index (χ0n) is 15.2. The summed E-state index contributed by atoms with van der Waals surface area (Å²) in [5.41, 5.74) is 0.353. The minimum absolute atomic E-state index is 0.0285. The summed E-state index contributed by atoms with van der Waals surface area (Å²) in [5, 5.41) is 5.55. The fourth-order valence-electron chi connectivity index (χ4n) is 2.57. The highest BCUT2D eigenvalue weighted by atomic mass is 35.5. The van der Waals surface area contributed by atoms with Crippen molar-refractivity contribution in [2.24, 2.45) is 0 Å². The first-order valence-electron chi connectivity index (χ1n) is 8.47. The summed E-state index contributed by atoms with van der Waals surface area (Å²) in [6, 6.07) is 8.29. The first-order valence-corrected chi connectivity index (χ1v) is 12.0. The normalized spacial score (nSPS) is 11.7. The van der Waals surface area contributed by atoms with Crippen molar-refractivity contribution in [2.45, 2.75) is 18.7 Å². The SMILES string of the molecule is CCN(CC)S(=O)(=O)c1cc(NC(=O)c2cnc(-c3cccs3)s2)ccc1Cl. The van der Waals surface area contributed by atoms with E-state index in [0.717, 1.165) is 9.88 Å². The van der Waals surface area contributed by atoms with Gasteiger partial charge in [0.25, 0.3) is 5.91 Å². The Morgan fingerprint density at radius 3 is 2.64 bits per heavy atom. The number of carbonyl (C=O) groups excluding carboxylic acids is 1. The van der Waals surface area contributed by atoms with Crippen LogP contribution in [0.2, 0.25) is 5.02 Å². The fraction of sp³-hybridized carbons (Fsp3) is 0.222. The minimum atomic E-state index is -3.74. The number of carbonyl (C=O) groups is 1. The average molecular weight is 456 g/mol. The predicted octanol–water partition coefficient (Wildman–Crippen LogP) is 4.81. The highest BCUT2D eigenvalue weighted by Gasteiger charge is 2.25. The molecule has 0 aliphatic heterocycles. The number of thiophene rings is 1. The van der Waals surface area contributed by atoms with Crippen LogP contribution in [-0.2, 0) is 10.0 Å². The molecule has 1 aromatic carbocycles. The lowest BCUT2D eigenvalue weighted by Gasteiger charge is -2.19. The molecule has 0 radical (unpaired) electrons. The molecule has 148 valence electrons. The van der Waals surface area contributed by atoms with Crippen molar-refractivity contribution in [1.29, 1.82) is 0 Å². The Morgan fingerprint density at radius 2 is 2.00 bits per heavy atom. The van der Waals surface area contributed by atoms with E-state index in [9.17, 15) is 13.2 Å². The van der Waals surface area contributed by atoms with E-state index >= 15 is 0 Å². The number of rotatable bonds is 7. The molecule has 10 heteroatoms. The number of amides is 1. The molecule has 2 heterocycles. The zero-order chi connectivity index (χ0) is 20.3. The fourth-order valence-corrected chi connectivity index (χ4v) is 6.14. The van der Waals surface area contributed by atoms with Gasteiger partial charge in [-0.1, -0.05) is 31.5 Å². The molecule has 0 fully saturated rings. The van der Waals surface area contributed by atoms with Crippen LogP contribution in [0, 0.1) is 0 Å². The largest absolute Gasteiger partial charge is 0.321 e. The van der Waals surface area contributed by atoms with Crippen molar-refractivity contribution in [3.05, 3.63) is 51.8 Å². The van der Waals surface area contributed by atoms with E-state index in [1.165, 1.54) is 34.0 Å². The van der Waals surface area contributed by atoms with Gasteiger partial charge in [0.2, 0.25) is 10.0 Å². The van der Waals surface area contributed by atoms with Gasteiger partial charge in [-0.2, -0.15) is 4.31 Å². The number of nitrogens with zero attached hydrogens (tertiary/aromatic N) is 2. The van der Waals surface area contributed by atoms with Gasteiger partial charge in [0.05, 0.1) is 16.1 Å². The highest BCUT2D eigenvalue weighted by Crippen LogP contribution is 2.30. The van der Waals surface area contributed by atoms with Gasteiger partial charge < -0.3 is 5.32 Å². The number of hydrogen-bond donors (Lipinski definition) is 1. The molecule has 2 aromatic heterocycles. The van der Waals surface area contributed by atoms with Crippen LogP contribution in [0.4, 0.5) is 5.69 Å². The van der Waals surface area contributed by atoms with Gasteiger partial charge in [-0.25, -0.2) is 13.4 Å². The van der Waals surface area contributed by atoms with Crippen molar-refractivity contribution >= 4 is 55.9 Å². The topological polar surface area (TPSA) is 79.4 Å². The second kappa shape index (κ2) is 8.71. The molecule has 0 unspecified atom stereocenters. The summed E-state index contributed by atoms with van der Waals surface area (Å²) in [6.45, 7) is 4.18. The molecule has 28 heavy (non-hydrogen) atoms. The van der Waals surface area contributed by atoms with Crippen LogP contribution in [0.15, 0.2) is 46.8 Å². The van der Waals surface area contributed by atoms with Gasteiger partial charge >= 0.3 is 0 Å². The minimum Gasteiger partial charge on any atom is -0.321 e. The molecule has 0 bridgehead atoms. The molecular weight excluding hydrogens is 438 g/mol. The summed E-state index contributed by atoms with van der Waals surface area (Å²) in [7, 11) is -3.74. The molecule has 0 spiro atoms. The lowest BCUT2D eigenvalue weighted by atomic mass is 10.3. The van der Waals surface area contributed by atoms with Gasteiger partial charge in [-0.3, -0.25) is 4.79 Å². The second-order valence-electron chi connectivity index (χ2n) is 5.70. The second-order valence-corrected chi connectivity index (χ2v) is 9.99. The predicted molar refractivity (Wildman–Crippen MR) is 115 cm³/mol. The summed E-state index contributed by atoms with van der Waals surface area (Å²) < 4.78 is 26.9. The van der Waals surface area contributed by atoms with E-state index in [-0.39, 0.29) is 15.8 Å². The van der Waals surface area contributed by atoms with Gasteiger partial charge in [0.15, 0.2) is 0 Å². The molecular formula is C18H18ClN3O3S3. The number of anilines is 1. The van der Waals surface area contributed by atoms with Gasteiger partial charge in [0, 0.05) is 18.8 Å². The van der Waals surface area contributed by atoms with Gasteiger partial charge in [0.1, 0.15) is 14.8 Å². The van der Waals surface area contributed by atoms with Crippen LogP contribution in [0.5, 0.6) is 0 Å². The lowest BCUT2D eigenvalue weighted by Crippen LogP contribution is -2.30. The van der Waals surface area contributed by atoms with Crippen molar-refractivity contribution in [3.63, 3.8) is 0 Å². The van der Waals surface area contributed by atoms with Gasteiger partial charge in [-0.05, 0) is 29.6 Å². The Morgan fingerprint density at radius 1 is 1.25 bits per heavy atom. The van der Waals surface area contributed by atoms with Crippen LogP contribution >= 0.6 is 34.3 Å². The quantitative estimate of drug-likeness (QED) is 0.554. The first kappa shape index (κ1) is 20.9. The standard InChI is InChI=1S/C18H18ClN3O3S3/c1-3-22(4-2)28(24,25)16-10-12(7-8-13(16)19)21-17(23)15-11-20-18(27-15)14-6-5-9-26-14/h5-11H,3-4H2,1-2H3,(H,21,23). The number of benzene rings is 1. The van der Waals surface area contributed by atoms with Crippen molar-refractivity contribution < 1.29 is 13.2 Å². The van der Waals surface area contributed by atoms with Crippen molar-refractivity contribution in [3.8, 4) is 9.88 Å². The van der Waals surface area contributed by atoms with Gasteiger partial charge in [-0.15, -0.1) is 22.7 Å². The Bertz CT molecular complexity index is 1070. The molecule has 0 aliphatic rings. The lowest BCUT2D eigenvalue weighted by molar-refractivity contribution is 0.103. The third-order valence-corrected chi connectivity index (χ3v) is 8.54. The molecule has 6 nitrogen and oxygen atoms in total. The van der Waals surface area contributed by atoms with Crippen LogP contribution in [0.3, 0.4) is 0 Å². The third-order valence-electron chi connectivity index (χ3n) is 3.97.